The van der Waals surface area contributed by atoms with Crippen molar-refractivity contribution in [2.24, 2.45) is 5.92 Å². The van der Waals surface area contributed by atoms with Crippen LogP contribution < -0.4 is 4.74 Å². The highest BCUT2D eigenvalue weighted by molar-refractivity contribution is 7.89. The number of aromatic nitrogens is 1. The zero-order chi connectivity index (χ0) is 19.0. The van der Waals surface area contributed by atoms with Crippen molar-refractivity contribution in [2.45, 2.75) is 23.8 Å². The SMILES string of the molecule is COc1ncccc1-c1cccc(S(=O)(=O)N2C[C@H]3CC[C@@H]2CN(C)C3)c1. The van der Waals surface area contributed by atoms with Gasteiger partial charge in [0.1, 0.15) is 0 Å². The largest absolute Gasteiger partial charge is 0.481 e. The van der Waals surface area contributed by atoms with Crippen LogP contribution in [0.25, 0.3) is 11.1 Å². The Morgan fingerprint density at radius 1 is 1.11 bits per heavy atom. The molecule has 1 aromatic heterocycles. The number of sulfonamides is 1. The van der Waals surface area contributed by atoms with E-state index in [4.69, 9.17) is 4.74 Å². The fourth-order valence-electron chi connectivity index (χ4n) is 4.30. The lowest BCUT2D eigenvalue weighted by Gasteiger charge is -2.35. The van der Waals surface area contributed by atoms with E-state index in [1.807, 2.05) is 18.2 Å². The molecule has 144 valence electrons. The molecule has 0 radical (unpaired) electrons. The van der Waals surface area contributed by atoms with E-state index >= 15 is 0 Å². The second-order valence-corrected chi connectivity index (χ2v) is 9.37. The Hall–Kier alpha value is -1.96. The summed E-state index contributed by atoms with van der Waals surface area (Å²) in [6.07, 6.45) is 3.70. The monoisotopic (exact) mass is 387 g/mol. The van der Waals surface area contributed by atoms with Crippen LogP contribution in [0.15, 0.2) is 47.5 Å². The van der Waals surface area contributed by atoms with Crippen LogP contribution in [0.1, 0.15) is 12.8 Å². The van der Waals surface area contributed by atoms with E-state index in [0.717, 1.165) is 37.1 Å². The Kier molecular flexibility index (Phi) is 4.92. The highest BCUT2D eigenvalue weighted by Gasteiger charge is 2.40. The van der Waals surface area contributed by atoms with E-state index in [1.54, 1.807) is 35.8 Å². The van der Waals surface area contributed by atoms with Crippen molar-refractivity contribution in [3.8, 4) is 17.0 Å². The second-order valence-electron chi connectivity index (χ2n) is 7.48. The molecule has 27 heavy (non-hydrogen) atoms. The van der Waals surface area contributed by atoms with E-state index in [9.17, 15) is 8.42 Å². The number of benzene rings is 1. The highest BCUT2D eigenvalue weighted by atomic mass is 32.2. The summed E-state index contributed by atoms with van der Waals surface area (Å²) in [4.78, 5) is 6.81. The van der Waals surface area contributed by atoms with Crippen LogP contribution in [0.5, 0.6) is 5.88 Å². The summed E-state index contributed by atoms with van der Waals surface area (Å²) >= 11 is 0. The topological polar surface area (TPSA) is 62.7 Å². The Labute approximate surface area is 160 Å². The molecule has 3 aliphatic rings. The Morgan fingerprint density at radius 2 is 1.96 bits per heavy atom. The quantitative estimate of drug-likeness (QED) is 0.807. The summed E-state index contributed by atoms with van der Waals surface area (Å²) in [5, 5.41) is 0. The molecule has 0 spiro atoms. The number of hydrogen-bond acceptors (Lipinski definition) is 5. The highest BCUT2D eigenvalue weighted by Crippen LogP contribution is 2.34. The van der Waals surface area contributed by atoms with Gasteiger partial charge in [0.2, 0.25) is 15.9 Å². The molecule has 0 saturated carbocycles. The molecular weight excluding hydrogens is 362 g/mol. The number of nitrogens with zero attached hydrogens (tertiary/aromatic N) is 3. The Morgan fingerprint density at radius 3 is 2.78 bits per heavy atom. The van der Waals surface area contributed by atoms with Gasteiger partial charge in [-0.3, -0.25) is 0 Å². The molecule has 3 aliphatic heterocycles. The molecule has 7 heteroatoms. The van der Waals surface area contributed by atoms with Crippen molar-refractivity contribution >= 4 is 10.0 Å². The van der Waals surface area contributed by atoms with Crippen LogP contribution in [0, 0.1) is 5.92 Å². The third-order valence-electron chi connectivity index (χ3n) is 5.56. The summed E-state index contributed by atoms with van der Waals surface area (Å²) in [7, 11) is 0.102. The average molecular weight is 388 g/mol. The number of pyridine rings is 1. The Bertz CT molecular complexity index is 932. The number of rotatable bonds is 4. The van der Waals surface area contributed by atoms with Crippen LogP contribution in [0.2, 0.25) is 0 Å². The third kappa shape index (κ3) is 3.47. The summed E-state index contributed by atoms with van der Waals surface area (Å²) in [5.41, 5.74) is 1.58. The molecule has 2 bridgehead atoms. The van der Waals surface area contributed by atoms with Gasteiger partial charge < -0.3 is 9.64 Å². The van der Waals surface area contributed by atoms with Crippen LogP contribution in [-0.2, 0) is 10.0 Å². The molecule has 0 N–H and O–H groups in total. The van der Waals surface area contributed by atoms with Crippen LogP contribution in [0.3, 0.4) is 0 Å². The van der Waals surface area contributed by atoms with E-state index in [-0.39, 0.29) is 6.04 Å². The van der Waals surface area contributed by atoms with Gasteiger partial charge in [0.05, 0.1) is 12.0 Å². The minimum absolute atomic E-state index is 0.0512. The van der Waals surface area contributed by atoms with Gasteiger partial charge in [-0.15, -0.1) is 0 Å². The fraction of sp³-hybridized carbons (Fsp3) is 0.450. The van der Waals surface area contributed by atoms with Crippen molar-refractivity contribution in [1.29, 1.82) is 0 Å². The van der Waals surface area contributed by atoms with E-state index < -0.39 is 10.0 Å². The van der Waals surface area contributed by atoms with E-state index in [1.165, 1.54) is 0 Å². The van der Waals surface area contributed by atoms with Gasteiger partial charge in [0, 0.05) is 37.4 Å². The summed E-state index contributed by atoms with van der Waals surface area (Å²) in [6, 6.07) is 10.9. The normalized spacial score (nSPS) is 23.9. The minimum Gasteiger partial charge on any atom is -0.481 e. The van der Waals surface area contributed by atoms with E-state index in [0.29, 0.717) is 23.2 Å². The molecule has 3 fully saturated rings. The standard InChI is InChI=1S/C20H25N3O3S/c1-22-12-15-8-9-17(14-22)23(13-15)27(24,25)18-6-3-5-16(11-18)19-7-4-10-21-20(19)26-2/h3-7,10-11,15,17H,8-9,12-14H2,1-2H3/t15-,17+/m0/s1. The summed E-state index contributed by atoms with van der Waals surface area (Å²) in [5.74, 6) is 0.896. The number of fused-ring (bicyclic) bond motifs is 4. The first-order chi connectivity index (χ1) is 13.0. The zero-order valence-electron chi connectivity index (χ0n) is 15.7. The van der Waals surface area contributed by atoms with Gasteiger partial charge in [-0.1, -0.05) is 12.1 Å². The number of hydrogen-bond donors (Lipinski definition) is 0. The maximum Gasteiger partial charge on any atom is 0.243 e. The lowest BCUT2D eigenvalue weighted by Crippen LogP contribution is -2.47. The first-order valence-corrected chi connectivity index (χ1v) is 10.7. The van der Waals surface area contributed by atoms with Gasteiger partial charge in [-0.25, -0.2) is 13.4 Å². The van der Waals surface area contributed by atoms with Crippen molar-refractivity contribution in [3.05, 3.63) is 42.6 Å². The van der Waals surface area contributed by atoms with Gasteiger partial charge >= 0.3 is 0 Å². The molecule has 0 unspecified atom stereocenters. The smallest absolute Gasteiger partial charge is 0.243 e. The molecular formula is C20H25N3O3S. The van der Waals surface area contributed by atoms with Gasteiger partial charge in [0.25, 0.3) is 0 Å². The number of ether oxygens (including phenoxy) is 1. The molecule has 6 nitrogen and oxygen atoms in total. The summed E-state index contributed by atoms with van der Waals surface area (Å²) < 4.78 is 33.9. The van der Waals surface area contributed by atoms with Crippen molar-refractivity contribution < 1.29 is 13.2 Å². The Balaban J connectivity index is 1.71. The lowest BCUT2D eigenvalue weighted by molar-refractivity contribution is 0.229. The number of likely N-dealkylation sites (N-methyl/N-ethyl adjacent to an activating group) is 1. The van der Waals surface area contributed by atoms with Crippen molar-refractivity contribution in [1.82, 2.24) is 14.2 Å². The maximum absolute atomic E-state index is 13.4. The van der Waals surface area contributed by atoms with Crippen LogP contribution >= 0.6 is 0 Å². The molecule has 0 aliphatic carbocycles. The van der Waals surface area contributed by atoms with Crippen molar-refractivity contribution in [2.75, 3.05) is 33.8 Å². The molecule has 2 aromatic rings. The molecule has 3 saturated heterocycles. The third-order valence-corrected chi connectivity index (χ3v) is 7.48. The van der Waals surface area contributed by atoms with Crippen molar-refractivity contribution in [3.63, 3.8) is 0 Å². The minimum atomic E-state index is -3.54. The number of methoxy groups -OCH3 is 1. The van der Waals surface area contributed by atoms with Crippen LogP contribution in [0.4, 0.5) is 0 Å². The molecule has 4 heterocycles. The lowest BCUT2D eigenvalue weighted by atomic mass is 9.97. The number of piperidine rings is 1. The molecule has 5 rings (SSSR count). The molecule has 2 atom stereocenters. The first-order valence-electron chi connectivity index (χ1n) is 9.29. The zero-order valence-corrected chi connectivity index (χ0v) is 16.5. The van der Waals surface area contributed by atoms with Gasteiger partial charge in [-0.2, -0.15) is 4.31 Å². The summed E-state index contributed by atoms with van der Waals surface area (Å²) in [6.45, 7) is 2.37. The van der Waals surface area contributed by atoms with Crippen LogP contribution in [-0.4, -0.2) is 62.4 Å². The average Bonchev–Trinajstić information content (AvgIpc) is 2.97. The predicted octanol–water partition coefficient (Wildman–Crippen LogP) is 2.47. The second kappa shape index (κ2) is 7.22. The maximum atomic E-state index is 13.4. The first kappa shape index (κ1) is 18.4. The van der Waals surface area contributed by atoms with Gasteiger partial charge in [0.15, 0.2) is 0 Å². The van der Waals surface area contributed by atoms with E-state index in [2.05, 4.69) is 16.9 Å². The predicted molar refractivity (Wildman–Crippen MR) is 104 cm³/mol. The molecule has 0 amide bonds. The molecule has 1 aromatic carbocycles. The fourth-order valence-corrected chi connectivity index (χ4v) is 6.07. The van der Waals surface area contributed by atoms with Gasteiger partial charge in [-0.05, 0) is 55.6 Å².